The minimum absolute atomic E-state index is 0.119. The molecule has 0 amide bonds. The first-order valence-electron chi connectivity index (χ1n) is 8.53. The monoisotopic (exact) mass is 378 g/mol. The van der Waals surface area contributed by atoms with Gasteiger partial charge >= 0.3 is 12.1 Å². The maximum Gasteiger partial charge on any atom is 0.416 e. The molecule has 0 spiro atoms. The van der Waals surface area contributed by atoms with Crippen molar-refractivity contribution in [2.24, 2.45) is 0 Å². The lowest BCUT2D eigenvalue weighted by Crippen LogP contribution is -2.28. The molecule has 146 valence electrons. The maximum atomic E-state index is 13.4. The van der Waals surface area contributed by atoms with Crippen molar-refractivity contribution in [3.05, 3.63) is 34.4 Å². The molecule has 1 aliphatic carbocycles. The first-order chi connectivity index (χ1) is 11.7. The second-order valence-corrected chi connectivity index (χ2v) is 7.83. The number of benzene rings is 1. The van der Waals surface area contributed by atoms with Crippen molar-refractivity contribution >= 4 is 5.97 Å². The number of hydrogen-bond acceptors (Lipinski definition) is 2. The largest absolute Gasteiger partial charge is 0.456 e. The summed E-state index contributed by atoms with van der Waals surface area (Å²) in [5.41, 5.74) is -1.80. The molecule has 1 aliphatic rings. The number of carbonyl (C=O) groups excluding carboxylic acids is 1. The lowest BCUT2D eigenvalue weighted by Gasteiger charge is -2.31. The average Bonchev–Trinajstić information content (AvgIpc) is 2.43. The van der Waals surface area contributed by atoms with E-state index in [1.165, 1.54) is 13.0 Å². The second kappa shape index (κ2) is 6.82. The highest BCUT2D eigenvalue weighted by Gasteiger charge is 2.39. The molecule has 0 radical (unpaired) electrons. The summed E-state index contributed by atoms with van der Waals surface area (Å²) in [4.78, 5) is 12.6. The predicted octanol–water partition coefficient (Wildman–Crippen LogP) is 6.26. The Kier molecular flexibility index (Phi) is 5.41. The zero-order valence-corrected chi connectivity index (χ0v) is 15.3. The van der Waals surface area contributed by atoms with Gasteiger partial charge in [-0.15, -0.1) is 0 Å². The van der Waals surface area contributed by atoms with E-state index in [-0.39, 0.29) is 36.8 Å². The van der Waals surface area contributed by atoms with Gasteiger partial charge in [-0.3, -0.25) is 0 Å². The minimum atomic E-state index is -4.61. The number of rotatable bonds is 2. The molecule has 26 heavy (non-hydrogen) atoms. The van der Waals surface area contributed by atoms with Crippen LogP contribution in [0.1, 0.15) is 79.4 Å². The van der Waals surface area contributed by atoms with Gasteiger partial charge in [-0.1, -0.05) is 6.07 Å². The quantitative estimate of drug-likeness (QED) is 0.448. The highest BCUT2D eigenvalue weighted by Crippen LogP contribution is 2.44. The van der Waals surface area contributed by atoms with Crippen molar-refractivity contribution < 1.29 is 31.5 Å². The van der Waals surface area contributed by atoms with E-state index < -0.39 is 35.2 Å². The Labute approximate surface area is 149 Å². The normalized spacial score (nSPS) is 18.7. The number of ether oxygens (including phenoxy) is 1. The molecule has 0 atom stereocenters. The van der Waals surface area contributed by atoms with Crippen LogP contribution < -0.4 is 0 Å². The van der Waals surface area contributed by atoms with E-state index in [0.717, 1.165) is 6.07 Å². The summed E-state index contributed by atoms with van der Waals surface area (Å²) in [6.07, 6.45) is -5.06. The summed E-state index contributed by atoms with van der Waals surface area (Å²) in [7, 11) is 0. The standard InChI is InChI=1S/C19H23F5O2/c1-11-14(19(22,23)24)6-5-13(12-7-9-18(20,21)10-8-12)15(11)16(25)26-17(2,3)4/h5-6,12H,7-10H2,1-4H3. The van der Waals surface area contributed by atoms with Crippen LogP contribution in [0.2, 0.25) is 0 Å². The van der Waals surface area contributed by atoms with Gasteiger partial charge in [0.1, 0.15) is 5.60 Å². The van der Waals surface area contributed by atoms with Gasteiger partial charge < -0.3 is 4.74 Å². The number of halogens is 5. The molecule has 1 saturated carbocycles. The fourth-order valence-electron chi connectivity index (χ4n) is 3.33. The summed E-state index contributed by atoms with van der Waals surface area (Å²) >= 11 is 0. The fraction of sp³-hybridized carbons (Fsp3) is 0.632. The third-order valence-electron chi connectivity index (χ3n) is 4.56. The van der Waals surface area contributed by atoms with Gasteiger partial charge in [0.15, 0.2) is 0 Å². The van der Waals surface area contributed by atoms with Crippen molar-refractivity contribution in [2.45, 2.75) is 77.0 Å². The molecule has 1 fully saturated rings. The van der Waals surface area contributed by atoms with Crippen molar-refractivity contribution in [2.75, 3.05) is 0 Å². The van der Waals surface area contributed by atoms with Crippen LogP contribution in [0.4, 0.5) is 22.0 Å². The summed E-state index contributed by atoms with van der Waals surface area (Å²) in [5, 5.41) is 0. The molecule has 0 bridgehead atoms. The molecule has 0 N–H and O–H groups in total. The van der Waals surface area contributed by atoms with E-state index >= 15 is 0 Å². The van der Waals surface area contributed by atoms with Crippen LogP contribution in [0.15, 0.2) is 12.1 Å². The Hall–Kier alpha value is -1.66. The third-order valence-corrected chi connectivity index (χ3v) is 4.56. The second-order valence-electron chi connectivity index (χ2n) is 7.83. The molecular formula is C19H23F5O2. The Bertz CT molecular complexity index is 676. The van der Waals surface area contributed by atoms with Crippen LogP contribution in [0.3, 0.4) is 0 Å². The molecule has 0 heterocycles. The lowest BCUT2D eigenvalue weighted by atomic mass is 9.79. The van der Waals surface area contributed by atoms with E-state index in [1.54, 1.807) is 20.8 Å². The zero-order valence-electron chi connectivity index (χ0n) is 15.3. The first-order valence-corrected chi connectivity index (χ1v) is 8.53. The molecule has 2 nitrogen and oxygen atoms in total. The van der Waals surface area contributed by atoms with E-state index in [9.17, 15) is 26.7 Å². The molecule has 0 saturated heterocycles. The molecule has 7 heteroatoms. The smallest absolute Gasteiger partial charge is 0.416 e. The lowest BCUT2D eigenvalue weighted by molar-refractivity contribution is -0.138. The van der Waals surface area contributed by atoms with Gasteiger partial charge in [-0.25, -0.2) is 13.6 Å². The molecule has 1 aromatic carbocycles. The zero-order chi connectivity index (χ0) is 19.9. The minimum Gasteiger partial charge on any atom is -0.456 e. The number of hydrogen-bond donors (Lipinski definition) is 0. The summed E-state index contributed by atoms with van der Waals surface area (Å²) in [6.45, 7) is 6.08. The number of alkyl halides is 5. The van der Waals surface area contributed by atoms with Gasteiger partial charge in [-0.05, 0) is 63.6 Å². The Balaban J connectivity index is 2.51. The average molecular weight is 378 g/mol. The molecule has 0 aromatic heterocycles. The van der Waals surface area contributed by atoms with Crippen molar-refractivity contribution in [1.29, 1.82) is 0 Å². The van der Waals surface area contributed by atoms with Crippen molar-refractivity contribution in [3.8, 4) is 0 Å². The topological polar surface area (TPSA) is 26.3 Å². The van der Waals surface area contributed by atoms with Gasteiger partial charge in [-0.2, -0.15) is 13.2 Å². The van der Waals surface area contributed by atoms with Crippen LogP contribution in [-0.4, -0.2) is 17.5 Å². The van der Waals surface area contributed by atoms with E-state index in [1.807, 2.05) is 0 Å². The highest BCUT2D eigenvalue weighted by atomic mass is 19.4. The number of carbonyl (C=O) groups is 1. The predicted molar refractivity (Wildman–Crippen MR) is 87.5 cm³/mol. The van der Waals surface area contributed by atoms with Gasteiger partial charge in [0.25, 0.3) is 0 Å². The SMILES string of the molecule is Cc1c(C(F)(F)F)ccc(C2CCC(F)(F)CC2)c1C(=O)OC(C)(C)C. The summed E-state index contributed by atoms with van der Waals surface area (Å²) < 4.78 is 71.9. The molecule has 0 aliphatic heterocycles. The van der Waals surface area contributed by atoms with E-state index in [2.05, 4.69) is 0 Å². The fourth-order valence-corrected chi connectivity index (χ4v) is 3.33. The van der Waals surface area contributed by atoms with Gasteiger partial charge in [0.2, 0.25) is 5.92 Å². The maximum absolute atomic E-state index is 13.4. The van der Waals surface area contributed by atoms with Crippen LogP contribution in [0.5, 0.6) is 0 Å². The van der Waals surface area contributed by atoms with Crippen molar-refractivity contribution in [1.82, 2.24) is 0 Å². The van der Waals surface area contributed by atoms with Crippen molar-refractivity contribution in [3.63, 3.8) is 0 Å². The molecule has 0 unspecified atom stereocenters. The van der Waals surface area contributed by atoms with Gasteiger partial charge in [0.05, 0.1) is 11.1 Å². The summed E-state index contributed by atoms with van der Waals surface area (Å²) in [5.74, 6) is -4.00. The Morgan fingerprint density at radius 2 is 1.65 bits per heavy atom. The van der Waals surface area contributed by atoms with Crippen LogP contribution in [0, 0.1) is 6.92 Å². The molecule has 1 aromatic rings. The third kappa shape index (κ3) is 4.74. The Morgan fingerprint density at radius 1 is 1.12 bits per heavy atom. The van der Waals surface area contributed by atoms with Crippen LogP contribution in [0.25, 0.3) is 0 Å². The molecular weight excluding hydrogens is 355 g/mol. The summed E-state index contributed by atoms with van der Waals surface area (Å²) in [6, 6.07) is 2.16. The molecule has 2 rings (SSSR count). The van der Waals surface area contributed by atoms with Gasteiger partial charge in [0, 0.05) is 12.8 Å². The van der Waals surface area contributed by atoms with Crippen LogP contribution >= 0.6 is 0 Å². The Morgan fingerprint density at radius 3 is 2.12 bits per heavy atom. The highest BCUT2D eigenvalue weighted by molar-refractivity contribution is 5.93. The number of esters is 1. The van der Waals surface area contributed by atoms with Crippen LogP contribution in [-0.2, 0) is 10.9 Å². The van der Waals surface area contributed by atoms with E-state index in [4.69, 9.17) is 4.74 Å². The van der Waals surface area contributed by atoms with E-state index in [0.29, 0.717) is 5.56 Å². The first kappa shape index (κ1) is 20.6.